The van der Waals surface area contributed by atoms with Crippen molar-refractivity contribution in [2.45, 2.75) is 57.2 Å². The van der Waals surface area contributed by atoms with Gasteiger partial charge in [-0.05, 0) is 37.0 Å². The number of carbonyl (C=O) groups excluding carboxylic acids is 5. The van der Waals surface area contributed by atoms with Crippen LogP contribution < -0.4 is 16.0 Å². The number of rotatable bonds is 4. The lowest BCUT2D eigenvalue weighted by molar-refractivity contribution is -0.137. The minimum atomic E-state index is -0.684. The Morgan fingerprint density at radius 3 is 2.72 bits per heavy atom. The molecule has 12 heteroatoms. The highest BCUT2D eigenvalue weighted by Gasteiger charge is 2.48. The summed E-state index contributed by atoms with van der Waals surface area (Å²) in [7, 11) is 0. The molecule has 2 aromatic rings. The van der Waals surface area contributed by atoms with Gasteiger partial charge in [-0.15, -0.1) is 5.10 Å². The van der Waals surface area contributed by atoms with Gasteiger partial charge >= 0.3 is 0 Å². The zero-order chi connectivity index (χ0) is 25.0. The van der Waals surface area contributed by atoms with Crippen molar-refractivity contribution in [3.8, 4) is 5.69 Å². The van der Waals surface area contributed by atoms with Crippen LogP contribution >= 0.6 is 0 Å². The van der Waals surface area contributed by atoms with E-state index in [1.165, 1.54) is 15.8 Å². The summed E-state index contributed by atoms with van der Waals surface area (Å²) in [4.78, 5) is 63.1. The lowest BCUT2D eigenvalue weighted by atomic mass is 9.60. The Labute approximate surface area is 205 Å². The third kappa shape index (κ3) is 3.64. The van der Waals surface area contributed by atoms with Gasteiger partial charge in [-0.2, -0.15) is 0 Å². The average Bonchev–Trinajstić information content (AvgIpc) is 3.44. The monoisotopic (exact) mass is 491 g/mol. The fraction of sp³-hybridized carbons (Fsp3) is 0.458. The van der Waals surface area contributed by atoms with E-state index >= 15 is 0 Å². The van der Waals surface area contributed by atoms with E-state index in [0.717, 1.165) is 24.8 Å². The van der Waals surface area contributed by atoms with Crippen molar-refractivity contribution in [1.82, 2.24) is 35.8 Å². The van der Waals surface area contributed by atoms with Crippen LogP contribution in [0.25, 0.3) is 5.69 Å². The number of fused-ring (bicyclic) bond motifs is 1. The topological polar surface area (TPSA) is 155 Å². The van der Waals surface area contributed by atoms with Gasteiger partial charge in [0.05, 0.1) is 17.9 Å². The summed E-state index contributed by atoms with van der Waals surface area (Å²) in [6, 6.07) is 4.39. The highest BCUT2D eigenvalue weighted by atomic mass is 16.2. The fourth-order valence-electron chi connectivity index (χ4n) is 5.71. The average molecular weight is 492 g/mol. The zero-order valence-corrected chi connectivity index (χ0v) is 19.5. The van der Waals surface area contributed by atoms with Crippen molar-refractivity contribution in [2.24, 2.45) is 5.41 Å². The van der Waals surface area contributed by atoms with Gasteiger partial charge in [0.1, 0.15) is 6.04 Å². The lowest BCUT2D eigenvalue weighted by Gasteiger charge is -2.50. The highest BCUT2D eigenvalue weighted by molar-refractivity contribution is 6.05. The quantitative estimate of drug-likeness (QED) is 0.501. The Morgan fingerprint density at radius 1 is 1.14 bits per heavy atom. The molecule has 2 unspecified atom stereocenters. The molecule has 3 N–H and O–H groups in total. The van der Waals surface area contributed by atoms with Crippen molar-refractivity contribution in [2.75, 3.05) is 6.54 Å². The first-order valence-electron chi connectivity index (χ1n) is 12.1. The molecule has 36 heavy (non-hydrogen) atoms. The smallest absolute Gasteiger partial charge is 0.273 e. The summed E-state index contributed by atoms with van der Waals surface area (Å²) in [5.41, 5.74) is 1.74. The summed E-state index contributed by atoms with van der Waals surface area (Å²) >= 11 is 0. The minimum Gasteiger partial charge on any atom is -0.354 e. The molecule has 1 aromatic carbocycles. The Balaban J connectivity index is 1.17. The van der Waals surface area contributed by atoms with Crippen LogP contribution in [0, 0.1) is 5.41 Å². The van der Waals surface area contributed by atoms with E-state index in [1.54, 1.807) is 18.2 Å². The molecule has 0 bridgehead atoms. The molecule has 1 saturated carbocycles. The molecular weight excluding hydrogens is 466 g/mol. The molecule has 6 rings (SSSR count). The maximum absolute atomic E-state index is 13.1. The van der Waals surface area contributed by atoms with Gasteiger partial charge in [-0.1, -0.05) is 17.7 Å². The van der Waals surface area contributed by atoms with Gasteiger partial charge in [-0.25, -0.2) is 4.68 Å². The minimum absolute atomic E-state index is 0.0217. The molecule has 3 aliphatic heterocycles. The Morgan fingerprint density at radius 2 is 1.97 bits per heavy atom. The summed E-state index contributed by atoms with van der Waals surface area (Å²) in [5.74, 6) is -1.42. The number of nitrogens with zero attached hydrogens (tertiary/aromatic N) is 4. The Hall–Kier alpha value is -4.09. The first-order chi connectivity index (χ1) is 17.3. The van der Waals surface area contributed by atoms with Crippen molar-refractivity contribution >= 4 is 29.5 Å². The van der Waals surface area contributed by atoms with Gasteiger partial charge in [0, 0.05) is 36.9 Å². The molecule has 4 heterocycles. The molecule has 1 aliphatic carbocycles. The van der Waals surface area contributed by atoms with E-state index in [2.05, 4.69) is 26.3 Å². The van der Waals surface area contributed by atoms with E-state index in [4.69, 9.17) is 0 Å². The normalized spacial score (nSPS) is 24.7. The van der Waals surface area contributed by atoms with Crippen LogP contribution in [0.2, 0.25) is 0 Å². The Bertz CT molecular complexity index is 1310. The van der Waals surface area contributed by atoms with Crippen molar-refractivity contribution in [3.63, 3.8) is 0 Å². The number of hydrogen-bond acceptors (Lipinski definition) is 7. The van der Waals surface area contributed by atoms with Crippen LogP contribution in [0.1, 0.15) is 64.9 Å². The summed E-state index contributed by atoms with van der Waals surface area (Å²) < 4.78 is 1.43. The number of imide groups is 1. The predicted octanol–water partition coefficient (Wildman–Crippen LogP) is -0.183. The van der Waals surface area contributed by atoms with Crippen LogP contribution in [-0.4, -0.2) is 68.1 Å². The van der Waals surface area contributed by atoms with E-state index in [0.29, 0.717) is 30.6 Å². The van der Waals surface area contributed by atoms with E-state index in [-0.39, 0.29) is 53.7 Å². The molecule has 5 amide bonds. The molecule has 1 aromatic heterocycles. The molecule has 12 nitrogen and oxygen atoms in total. The number of amides is 5. The first kappa shape index (κ1) is 22.4. The maximum Gasteiger partial charge on any atom is 0.273 e. The fourth-order valence-corrected chi connectivity index (χ4v) is 5.71. The summed E-state index contributed by atoms with van der Waals surface area (Å²) in [6.07, 6.45) is 5.29. The molecule has 2 saturated heterocycles. The number of nitrogens with one attached hydrogen (secondary N) is 3. The van der Waals surface area contributed by atoms with Gasteiger partial charge in [-0.3, -0.25) is 29.3 Å². The number of carbonyl (C=O) groups is 5. The SMILES string of the molecule is O=C1CC2(CCC2)C(NC(=O)c2cn(-c3ccc4c(c3)C(=O)N(C3CCC(=O)NC3=O)C4)nn2)CN1. The summed E-state index contributed by atoms with van der Waals surface area (Å²) in [5, 5.41) is 16.2. The molecule has 3 fully saturated rings. The van der Waals surface area contributed by atoms with E-state index in [9.17, 15) is 24.0 Å². The first-order valence-corrected chi connectivity index (χ1v) is 12.1. The van der Waals surface area contributed by atoms with Crippen molar-refractivity contribution in [1.29, 1.82) is 0 Å². The number of piperidine rings is 2. The van der Waals surface area contributed by atoms with E-state index in [1.807, 2.05) is 0 Å². The zero-order valence-electron chi connectivity index (χ0n) is 19.5. The van der Waals surface area contributed by atoms with Gasteiger partial charge in [0.25, 0.3) is 11.8 Å². The lowest BCUT2D eigenvalue weighted by Crippen LogP contribution is -2.61. The third-order valence-corrected chi connectivity index (χ3v) is 7.91. The van der Waals surface area contributed by atoms with Crippen molar-refractivity contribution in [3.05, 3.63) is 41.2 Å². The second kappa shape index (κ2) is 8.25. The van der Waals surface area contributed by atoms with Crippen molar-refractivity contribution < 1.29 is 24.0 Å². The van der Waals surface area contributed by atoms with Crippen LogP contribution in [0.5, 0.6) is 0 Å². The van der Waals surface area contributed by atoms with Crippen LogP contribution in [-0.2, 0) is 20.9 Å². The van der Waals surface area contributed by atoms with Crippen LogP contribution in [0.15, 0.2) is 24.4 Å². The molecule has 0 radical (unpaired) electrons. The maximum atomic E-state index is 13.1. The molecular formula is C24H25N7O5. The molecule has 186 valence electrons. The van der Waals surface area contributed by atoms with Crippen LogP contribution in [0.4, 0.5) is 0 Å². The summed E-state index contributed by atoms with van der Waals surface area (Å²) in [6.45, 7) is 0.681. The van der Waals surface area contributed by atoms with Crippen LogP contribution in [0.3, 0.4) is 0 Å². The third-order valence-electron chi connectivity index (χ3n) is 7.91. The highest BCUT2D eigenvalue weighted by Crippen LogP contribution is 2.48. The van der Waals surface area contributed by atoms with E-state index < -0.39 is 11.9 Å². The number of hydrogen-bond donors (Lipinski definition) is 3. The van der Waals surface area contributed by atoms with Gasteiger partial charge in [0.15, 0.2) is 5.69 Å². The Kier molecular flexibility index (Phi) is 5.13. The second-order valence-corrected chi connectivity index (χ2v) is 10.0. The largest absolute Gasteiger partial charge is 0.354 e. The molecule has 4 aliphatic rings. The number of aromatic nitrogens is 3. The predicted molar refractivity (Wildman–Crippen MR) is 123 cm³/mol. The second-order valence-electron chi connectivity index (χ2n) is 10.0. The van der Waals surface area contributed by atoms with Gasteiger partial charge < -0.3 is 15.5 Å². The molecule has 1 spiro atoms. The standard InChI is InChI=1S/C24H25N7O5/c32-19-5-4-17(22(35)27-19)30-11-13-2-3-14(8-15(13)23(30)36)31-12-16(28-29-31)21(34)26-18-10-25-20(33)9-24(18)6-1-7-24/h2-3,8,12,17-18H,1,4-7,9-11H2,(H,25,33)(H,26,34)(H,27,32,35). The molecule has 2 atom stereocenters. The van der Waals surface area contributed by atoms with Gasteiger partial charge in [0.2, 0.25) is 17.7 Å². The number of benzene rings is 1.